The molecule has 0 radical (unpaired) electrons. The molecule has 1 aromatic heterocycles. The molecule has 4 heteroatoms. The number of ether oxygens (including phenoxy) is 1. The second kappa shape index (κ2) is 5.17. The first kappa shape index (κ1) is 12.6. The van der Waals surface area contributed by atoms with Gasteiger partial charge < -0.3 is 4.74 Å². The van der Waals surface area contributed by atoms with Gasteiger partial charge in [-0.25, -0.2) is 0 Å². The lowest BCUT2D eigenvalue weighted by Crippen LogP contribution is -2.16. The maximum absolute atomic E-state index is 11.8. The van der Waals surface area contributed by atoms with Crippen LogP contribution in [0.3, 0.4) is 0 Å². The summed E-state index contributed by atoms with van der Waals surface area (Å²) in [6.45, 7) is 1.98. The van der Waals surface area contributed by atoms with Crippen molar-refractivity contribution in [1.82, 2.24) is 4.98 Å². The Morgan fingerprint density at radius 1 is 1.65 bits per heavy atom. The fourth-order valence-electron chi connectivity index (χ4n) is 1.87. The zero-order valence-corrected chi connectivity index (χ0v) is 11.7. The van der Waals surface area contributed by atoms with E-state index in [2.05, 4.69) is 20.9 Å². The van der Waals surface area contributed by atoms with E-state index in [1.165, 1.54) is 20.0 Å². The fourth-order valence-corrected chi connectivity index (χ4v) is 2.21. The molecule has 0 amide bonds. The molecule has 1 atom stereocenters. The predicted octanol–water partition coefficient (Wildman–Crippen LogP) is 3.21. The Morgan fingerprint density at radius 3 is 2.88 bits per heavy atom. The van der Waals surface area contributed by atoms with Gasteiger partial charge in [-0.2, -0.15) is 0 Å². The third-order valence-corrected chi connectivity index (χ3v) is 4.02. The molecule has 1 aliphatic carbocycles. The van der Waals surface area contributed by atoms with Gasteiger partial charge in [0.05, 0.1) is 18.7 Å². The van der Waals surface area contributed by atoms with Crippen molar-refractivity contribution < 1.29 is 9.53 Å². The van der Waals surface area contributed by atoms with Gasteiger partial charge in [0.25, 0.3) is 0 Å². The van der Waals surface area contributed by atoms with Crippen molar-refractivity contribution in [3.8, 4) is 0 Å². The Hall–Kier alpha value is -0.900. The van der Waals surface area contributed by atoms with E-state index in [4.69, 9.17) is 4.74 Å². The summed E-state index contributed by atoms with van der Waals surface area (Å²) >= 11 is 3.48. The molecule has 0 N–H and O–H groups in total. The highest BCUT2D eigenvalue weighted by Gasteiger charge is 2.31. The molecule has 0 saturated heterocycles. The second-order valence-electron chi connectivity index (χ2n) is 4.61. The summed E-state index contributed by atoms with van der Waals surface area (Å²) in [7, 11) is 1.44. The standard InChI is InChI=1S/C13H16BrNO2/c1-8-7-15-12(6-11(8)14)10(13(16)17-2)5-9-3-4-9/h6-7,9-10H,3-5H2,1-2H3. The first-order valence-electron chi connectivity index (χ1n) is 5.81. The lowest BCUT2D eigenvalue weighted by atomic mass is 9.97. The molecule has 1 heterocycles. The van der Waals surface area contributed by atoms with Crippen LogP contribution in [0.5, 0.6) is 0 Å². The normalized spacial score (nSPS) is 16.6. The molecule has 0 aromatic carbocycles. The Balaban J connectivity index is 2.23. The van der Waals surface area contributed by atoms with Gasteiger partial charge in [-0.05, 0) is 30.9 Å². The average molecular weight is 298 g/mol. The molecule has 0 spiro atoms. The van der Waals surface area contributed by atoms with Crippen molar-refractivity contribution in [2.45, 2.75) is 32.1 Å². The van der Waals surface area contributed by atoms with Crippen molar-refractivity contribution in [3.63, 3.8) is 0 Å². The molecule has 1 unspecified atom stereocenters. The minimum absolute atomic E-state index is 0.180. The maximum atomic E-state index is 11.8. The number of halogens is 1. The van der Waals surface area contributed by atoms with E-state index in [1.54, 1.807) is 6.20 Å². The van der Waals surface area contributed by atoms with Gasteiger partial charge in [0.2, 0.25) is 0 Å². The van der Waals surface area contributed by atoms with Gasteiger partial charge in [0.1, 0.15) is 0 Å². The zero-order valence-electron chi connectivity index (χ0n) is 10.1. The third-order valence-electron chi connectivity index (χ3n) is 3.17. The van der Waals surface area contributed by atoms with E-state index in [-0.39, 0.29) is 11.9 Å². The minimum atomic E-state index is -0.218. The molecule has 1 aliphatic rings. The SMILES string of the molecule is COC(=O)C(CC1CC1)c1cc(Br)c(C)cn1. The summed E-state index contributed by atoms with van der Waals surface area (Å²) in [5, 5.41) is 0. The highest BCUT2D eigenvalue weighted by atomic mass is 79.9. The maximum Gasteiger partial charge on any atom is 0.314 e. The molecule has 1 saturated carbocycles. The number of rotatable bonds is 4. The van der Waals surface area contributed by atoms with Crippen LogP contribution in [0, 0.1) is 12.8 Å². The van der Waals surface area contributed by atoms with Crippen LogP contribution in [0.15, 0.2) is 16.7 Å². The number of nitrogens with zero attached hydrogens (tertiary/aromatic N) is 1. The van der Waals surface area contributed by atoms with Crippen molar-refractivity contribution in [2.75, 3.05) is 7.11 Å². The molecule has 1 aromatic rings. The number of aromatic nitrogens is 1. The summed E-state index contributed by atoms with van der Waals surface area (Å²) in [5.74, 6) is 0.269. The average Bonchev–Trinajstić information content (AvgIpc) is 3.13. The lowest BCUT2D eigenvalue weighted by molar-refractivity contribution is -0.142. The van der Waals surface area contributed by atoms with E-state index in [1.807, 2.05) is 13.0 Å². The topological polar surface area (TPSA) is 39.2 Å². The quantitative estimate of drug-likeness (QED) is 0.801. The third kappa shape index (κ3) is 3.06. The second-order valence-corrected chi connectivity index (χ2v) is 5.47. The Labute approximate surface area is 110 Å². The van der Waals surface area contributed by atoms with Crippen molar-refractivity contribution >= 4 is 21.9 Å². The summed E-state index contributed by atoms with van der Waals surface area (Å²) in [5.41, 5.74) is 1.88. The summed E-state index contributed by atoms with van der Waals surface area (Å²) in [4.78, 5) is 16.2. The predicted molar refractivity (Wildman–Crippen MR) is 68.8 cm³/mol. The van der Waals surface area contributed by atoms with Crippen LogP contribution >= 0.6 is 15.9 Å². The summed E-state index contributed by atoms with van der Waals surface area (Å²) < 4.78 is 5.86. The molecule has 3 nitrogen and oxygen atoms in total. The molecule has 2 rings (SSSR count). The van der Waals surface area contributed by atoms with Crippen LogP contribution in [0.1, 0.15) is 36.4 Å². The van der Waals surface area contributed by atoms with Gasteiger partial charge in [0.15, 0.2) is 0 Å². The smallest absolute Gasteiger partial charge is 0.314 e. The van der Waals surface area contributed by atoms with Crippen LogP contribution in [-0.4, -0.2) is 18.1 Å². The molecular formula is C13H16BrNO2. The first-order chi connectivity index (χ1) is 8.11. The fraction of sp³-hybridized carbons (Fsp3) is 0.538. The number of aryl methyl sites for hydroxylation is 1. The molecule has 0 bridgehead atoms. The van der Waals surface area contributed by atoms with Crippen LogP contribution in [0.2, 0.25) is 0 Å². The Morgan fingerprint density at radius 2 is 2.35 bits per heavy atom. The van der Waals surface area contributed by atoms with Gasteiger partial charge in [0, 0.05) is 10.7 Å². The van der Waals surface area contributed by atoms with Gasteiger partial charge in [-0.1, -0.05) is 28.8 Å². The van der Waals surface area contributed by atoms with E-state index in [0.29, 0.717) is 5.92 Å². The number of esters is 1. The van der Waals surface area contributed by atoms with Crippen molar-refractivity contribution in [3.05, 3.63) is 28.0 Å². The van der Waals surface area contributed by atoms with Gasteiger partial charge in [-0.15, -0.1) is 0 Å². The first-order valence-corrected chi connectivity index (χ1v) is 6.61. The van der Waals surface area contributed by atoms with Crippen LogP contribution in [0.4, 0.5) is 0 Å². The van der Waals surface area contributed by atoms with E-state index >= 15 is 0 Å². The van der Waals surface area contributed by atoms with E-state index < -0.39 is 0 Å². The molecule has 1 fully saturated rings. The molecule has 17 heavy (non-hydrogen) atoms. The highest BCUT2D eigenvalue weighted by Crippen LogP contribution is 2.39. The number of carbonyl (C=O) groups is 1. The minimum Gasteiger partial charge on any atom is -0.469 e. The van der Waals surface area contributed by atoms with Gasteiger partial charge in [-0.3, -0.25) is 9.78 Å². The summed E-state index contributed by atoms with van der Waals surface area (Å²) in [6, 6.07) is 1.93. The largest absolute Gasteiger partial charge is 0.469 e. The Bertz CT molecular complexity index is 429. The van der Waals surface area contributed by atoms with Crippen molar-refractivity contribution in [2.24, 2.45) is 5.92 Å². The zero-order chi connectivity index (χ0) is 12.4. The van der Waals surface area contributed by atoms with Crippen LogP contribution in [-0.2, 0) is 9.53 Å². The number of hydrogen-bond donors (Lipinski definition) is 0. The van der Waals surface area contributed by atoms with Crippen LogP contribution < -0.4 is 0 Å². The Kier molecular flexibility index (Phi) is 3.82. The molecular weight excluding hydrogens is 282 g/mol. The number of pyridine rings is 1. The van der Waals surface area contributed by atoms with Crippen molar-refractivity contribution in [1.29, 1.82) is 0 Å². The lowest BCUT2D eigenvalue weighted by Gasteiger charge is -2.14. The molecule has 92 valence electrons. The number of methoxy groups -OCH3 is 1. The van der Waals surface area contributed by atoms with Gasteiger partial charge >= 0.3 is 5.97 Å². The summed E-state index contributed by atoms with van der Waals surface area (Å²) in [6.07, 6.45) is 5.10. The number of hydrogen-bond acceptors (Lipinski definition) is 3. The monoisotopic (exact) mass is 297 g/mol. The number of carbonyl (C=O) groups excluding carboxylic acids is 1. The molecule has 0 aliphatic heterocycles. The highest BCUT2D eigenvalue weighted by molar-refractivity contribution is 9.10. The van der Waals surface area contributed by atoms with E-state index in [0.717, 1.165) is 22.2 Å². The van der Waals surface area contributed by atoms with Crippen LogP contribution in [0.25, 0.3) is 0 Å². The van der Waals surface area contributed by atoms with E-state index in [9.17, 15) is 4.79 Å².